The van der Waals surface area contributed by atoms with Crippen LogP contribution in [0.3, 0.4) is 0 Å². The summed E-state index contributed by atoms with van der Waals surface area (Å²) < 4.78 is 10.4. The number of rotatable bonds is 7. The molecule has 2 aromatic carbocycles. The van der Waals surface area contributed by atoms with Gasteiger partial charge in [0.1, 0.15) is 17.5 Å². The van der Waals surface area contributed by atoms with E-state index in [1.807, 2.05) is 0 Å². The van der Waals surface area contributed by atoms with Crippen molar-refractivity contribution in [1.29, 1.82) is 0 Å². The summed E-state index contributed by atoms with van der Waals surface area (Å²) in [6.45, 7) is 0.868. The molecule has 0 amide bonds. The smallest absolute Gasteiger partial charge is 0.323 e. The van der Waals surface area contributed by atoms with Crippen LogP contribution in [-0.4, -0.2) is 61.2 Å². The van der Waals surface area contributed by atoms with E-state index in [0.29, 0.717) is 37.0 Å². The Kier molecular flexibility index (Phi) is 6.40. The lowest BCUT2D eigenvalue weighted by Gasteiger charge is -2.19. The second-order valence-electron chi connectivity index (χ2n) is 7.73. The molecule has 5 nitrogen and oxygen atoms in total. The first-order chi connectivity index (χ1) is 14.1. The molecule has 0 N–H and O–H groups in total. The minimum absolute atomic E-state index is 0.0995. The topological polar surface area (TPSA) is 55.8 Å². The van der Waals surface area contributed by atoms with Crippen LogP contribution >= 0.6 is 0 Å². The second-order valence-corrected chi connectivity index (χ2v) is 9.98. The van der Waals surface area contributed by atoms with E-state index in [1.54, 1.807) is 11.9 Å². The summed E-state index contributed by atoms with van der Waals surface area (Å²) in [6.07, 6.45) is 3.99. The Morgan fingerprint density at radius 1 is 1.17 bits per heavy atom. The number of cyclic esters (lactones) is 1. The van der Waals surface area contributed by atoms with Crippen LogP contribution in [0.5, 0.6) is 0 Å². The lowest BCUT2D eigenvalue weighted by molar-refractivity contribution is -0.147. The van der Waals surface area contributed by atoms with Gasteiger partial charge in [0, 0.05) is 29.1 Å². The van der Waals surface area contributed by atoms with Crippen LogP contribution in [0.4, 0.5) is 0 Å². The highest BCUT2D eigenvalue weighted by atomic mass is 32.2. The summed E-state index contributed by atoms with van der Waals surface area (Å²) in [5.74, 6) is 2.06. The van der Waals surface area contributed by atoms with Gasteiger partial charge in [0.05, 0.1) is 19.8 Å². The van der Waals surface area contributed by atoms with Crippen molar-refractivity contribution in [3.05, 3.63) is 42.0 Å². The number of ether oxygens (including phenoxy) is 2. The first-order valence-corrected chi connectivity index (χ1v) is 11.9. The van der Waals surface area contributed by atoms with E-state index in [2.05, 4.69) is 36.4 Å². The van der Waals surface area contributed by atoms with Gasteiger partial charge >= 0.3 is 11.9 Å². The van der Waals surface area contributed by atoms with E-state index in [9.17, 15) is 9.59 Å². The molecular weight excluding hydrogens is 386 g/mol. The van der Waals surface area contributed by atoms with Gasteiger partial charge in [-0.15, -0.1) is 0 Å². The van der Waals surface area contributed by atoms with Gasteiger partial charge in [0.25, 0.3) is 0 Å². The molecule has 2 aromatic rings. The van der Waals surface area contributed by atoms with Gasteiger partial charge in [-0.25, -0.2) is 0 Å². The number of carbonyl (C=O) groups is 2. The van der Waals surface area contributed by atoms with Crippen molar-refractivity contribution < 1.29 is 19.1 Å². The zero-order valence-electron chi connectivity index (χ0n) is 16.9. The monoisotopic (exact) mass is 414 g/mol. The van der Waals surface area contributed by atoms with E-state index >= 15 is 0 Å². The van der Waals surface area contributed by atoms with E-state index < -0.39 is 0 Å². The molecule has 2 saturated heterocycles. The molecule has 2 heterocycles. The van der Waals surface area contributed by atoms with E-state index in [-0.39, 0.29) is 24.5 Å². The van der Waals surface area contributed by atoms with Crippen molar-refractivity contribution in [2.24, 2.45) is 0 Å². The van der Waals surface area contributed by atoms with E-state index in [0.717, 1.165) is 0 Å². The van der Waals surface area contributed by atoms with Crippen LogP contribution in [0.2, 0.25) is 0 Å². The van der Waals surface area contributed by atoms with E-state index in [4.69, 9.17) is 9.47 Å². The van der Waals surface area contributed by atoms with Crippen molar-refractivity contribution in [3.63, 3.8) is 0 Å². The first-order valence-electron chi connectivity index (χ1n) is 10.3. The molecule has 0 radical (unpaired) electrons. The largest absolute Gasteiger partial charge is 0.464 e. The Morgan fingerprint density at radius 3 is 2.66 bits per heavy atom. The molecule has 154 valence electrons. The zero-order chi connectivity index (χ0) is 20.2. The molecule has 2 aliphatic rings. The Hall–Kier alpha value is -2.05. The van der Waals surface area contributed by atoms with E-state index in [1.165, 1.54) is 45.6 Å². The van der Waals surface area contributed by atoms with Crippen LogP contribution in [-0.2, 0) is 36.4 Å². The number of hydrogen-bond acceptors (Lipinski definition) is 5. The molecule has 1 atom stereocenters. The number of likely N-dealkylation sites (N-methyl/N-ethyl adjacent to an activating group) is 1. The quantitative estimate of drug-likeness (QED) is 0.515. The Balaban J connectivity index is 1.36. The minimum atomic E-state index is -0.338. The number of nitrogens with zero attached hydrogens (tertiary/aromatic N) is 1. The highest BCUT2D eigenvalue weighted by Crippen LogP contribution is 2.31. The Morgan fingerprint density at radius 2 is 1.93 bits per heavy atom. The first kappa shape index (κ1) is 20.2. The maximum absolute atomic E-state index is 12.2. The SMILES string of the molecule is CN(CC(=O)OCCc1ccc([S+]2CCCC2)c2ccccc12)C1CCOC1=O. The summed E-state index contributed by atoms with van der Waals surface area (Å²) in [5.41, 5.74) is 1.22. The molecule has 2 fully saturated rings. The van der Waals surface area contributed by atoms with Gasteiger partial charge in [-0.05, 0) is 43.0 Å². The molecule has 0 bridgehead atoms. The summed E-state index contributed by atoms with van der Waals surface area (Å²) in [6, 6.07) is 12.7. The van der Waals surface area contributed by atoms with Crippen molar-refractivity contribution in [2.45, 2.75) is 36.6 Å². The molecule has 1 unspecified atom stereocenters. The van der Waals surface area contributed by atoms with Gasteiger partial charge in [0.2, 0.25) is 0 Å². The molecule has 4 rings (SSSR count). The lowest BCUT2D eigenvalue weighted by atomic mass is 10.0. The standard InChI is InChI=1S/C23H28NO4S/c1-24(20-11-13-28-23(20)26)16-22(25)27-12-10-17-8-9-21(29-14-4-5-15-29)19-7-3-2-6-18(17)19/h2-3,6-9,20H,4-5,10-16H2,1H3/q+1. The number of hydrogen-bond donors (Lipinski definition) is 0. The van der Waals surface area contributed by atoms with Crippen molar-refractivity contribution in [1.82, 2.24) is 4.90 Å². The minimum Gasteiger partial charge on any atom is -0.464 e. The molecule has 0 aliphatic carbocycles. The molecular formula is C23H28NO4S+. The maximum Gasteiger partial charge on any atom is 0.323 e. The fourth-order valence-corrected chi connectivity index (χ4v) is 6.70. The predicted molar refractivity (Wildman–Crippen MR) is 115 cm³/mol. The van der Waals surface area contributed by atoms with Crippen LogP contribution in [0, 0.1) is 0 Å². The van der Waals surface area contributed by atoms with Crippen LogP contribution in [0.1, 0.15) is 24.8 Å². The second kappa shape index (κ2) is 9.18. The Bertz CT molecular complexity index is 894. The third kappa shape index (κ3) is 4.59. The van der Waals surface area contributed by atoms with Gasteiger partial charge in [0.15, 0.2) is 4.90 Å². The number of carbonyl (C=O) groups excluding carboxylic acids is 2. The van der Waals surface area contributed by atoms with Gasteiger partial charge in [-0.1, -0.05) is 24.3 Å². The number of benzene rings is 2. The van der Waals surface area contributed by atoms with Crippen molar-refractivity contribution in [3.8, 4) is 0 Å². The number of esters is 2. The van der Waals surface area contributed by atoms with Crippen LogP contribution in [0.25, 0.3) is 10.8 Å². The third-order valence-electron chi connectivity index (χ3n) is 5.77. The fourth-order valence-electron chi connectivity index (χ4n) is 4.20. The molecule has 0 aromatic heterocycles. The maximum atomic E-state index is 12.2. The average Bonchev–Trinajstić information content (AvgIpc) is 3.40. The summed E-state index contributed by atoms with van der Waals surface area (Å²) in [7, 11) is 2.13. The predicted octanol–water partition coefficient (Wildman–Crippen LogP) is 2.94. The zero-order valence-corrected chi connectivity index (χ0v) is 17.7. The number of fused-ring (bicyclic) bond motifs is 1. The normalized spacial score (nSPS) is 19.8. The summed E-state index contributed by atoms with van der Waals surface area (Å²) in [4.78, 5) is 27.0. The fraction of sp³-hybridized carbons (Fsp3) is 0.478. The van der Waals surface area contributed by atoms with Crippen molar-refractivity contribution in [2.75, 3.05) is 38.3 Å². The third-order valence-corrected chi connectivity index (χ3v) is 8.31. The molecule has 29 heavy (non-hydrogen) atoms. The lowest BCUT2D eigenvalue weighted by Crippen LogP contribution is -2.39. The van der Waals surface area contributed by atoms with Crippen molar-refractivity contribution >= 4 is 33.6 Å². The molecule has 0 saturated carbocycles. The highest BCUT2D eigenvalue weighted by molar-refractivity contribution is 7.97. The highest BCUT2D eigenvalue weighted by Gasteiger charge is 2.31. The van der Waals surface area contributed by atoms with Gasteiger partial charge in [-0.3, -0.25) is 14.5 Å². The summed E-state index contributed by atoms with van der Waals surface area (Å²) >= 11 is 0. The summed E-state index contributed by atoms with van der Waals surface area (Å²) in [5, 5.41) is 2.62. The van der Waals surface area contributed by atoms with Gasteiger partial charge in [-0.2, -0.15) is 0 Å². The van der Waals surface area contributed by atoms with Crippen LogP contribution < -0.4 is 0 Å². The molecule has 0 spiro atoms. The average molecular weight is 415 g/mol. The van der Waals surface area contributed by atoms with Crippen LogP contribution in [0.15, 0.2) is 41.3 Å². The van der Waals surface area contributed by atoms with Gasteiger partial charge < -0.3 is 9.47 Å². The molecule has 6 heteroatoms. The molecule has 2 aliphatic heterocycles. The Labute approximate surface area is 174 Å².